The van der Waals surface area contributed by atoms with Gasteiger partial charge in [-0.3, -0.25) is 14.4 Å². The van der Waals surface area contributed by atoms with E-state index in [9.17, 15) is 23.2 Å². The van der Waals surface area contributed by atoms with Crippen LogP contribution in [0.1, 0.15) is 23.3 Å². The first-order chi connectivity index (χ1) is 17.6. The predicted octanol–water partition coefficient (Wildman–Crippen LogP) is 4.66. The van der Waals surface area contributed by atoms with Crippen LogP contribution >= 0.6 is 23.4 Å². The van der Waals surface area contributed by atoms with Crippen LogP contribution in [0.5, 0.6) is 0 Å². The van der Waals surface area contributed by atoms with Crippen molar-refractivity contribution in [3.8, 4) is 0 Å². The molecule has 0 spiro atoms. The first kappa shape index (κ1) is 26.6. The molecular weight excluding hydrogens is 520 g/mol. The number of amides is 3. The molecule has 0 unspecified atom stereocenters. The van der Waals surface area contributed by atoms with Gasteiger partial charge in [-0.1, -0.05) is 41.9 Å². The Hall–Kier alpha value is -3.43. The number of likely N-dealkylation sites (N-methyl/N-ethyl adjacent to an activating group) is 1. The summed E-state index contributed by atoms with van der Waals surface area (Å²) in [7, 11) is 1.62. The molecule has 1 aliphatic rings. The maximum Gasteiger partial charge on any atom is 0.250 e. The summed E-state index contributed by atoms with van der Waals surface area (Å²) >= 11 is 7.62. The highest BCUT2D eigenvalue weighted by molar-refractivity contribution is 7.99. The molecule has 10 heteroatoms. The summed E-state index contributed by atoms with van der Waals surface area (Å²) < 4.78 is 26.9. The van der Waals surface area contributed by atoms with Crippen LogP contribution in [0.2, 0.25) is 5.02 Å². The third-order valence-corrected chi connectivity index (χ3v) is 7.55. The Balaban J connectivity index is 1.54. The largest absolute Gasteiger partial charge is 0.344 e. The summed E-state index contributed by atoms with van der Waals surface area (Å²) in [5, 5.41) is 5.36. The zero-order valence-electron chi connectivity index (χ0n) is 20.0. The van der Waals surface area contributed by atoms with E-state index in [-0.39, 0.29) is 17.9 Å². The molecule has 0 saturated heterocycles. The number of nitrogens with one attached hydrogen (secondary N) is 2. The lowest BCUT2D eigenvalue weighted by Crippen LogP contribution is -2.54. The van der Waals surface area contributed by atoms with Gasteiger partial charge < -0.3 is 15.5 Å². The second-order valence-electron chi connectivity index (χ2n) is 8.69. The Kier molecular flexibility index (Phi) is 8.14. The highest BCUT2D eigenvalue weighted by Crippen LogP contribution is 2.46. The normalized spacial score (nSPS) is 18.0. The molecule has 6 nitrogen and oxygen atoms in total. The van der Waals surface area contributed by atoms with Gasteiger partial charge >= 0.3 is 0 Å². The van der Waals surface area contributed by atoms with Crippen LogP contribution in [0.25, 0.3) is 0 Å². The van der Waals surface area contributed by atoms with Crippen molar-refractivity contribution in [1.82, 2.24) is 10.6 Å². The van der Waals surface area contributed by atoms with Crippen molar-refractivity contribution in [3.63, 3.8) is 0 Å². The van der Waals surface area contributed by atoms with Crippen molar-refractivity contribution in [1.29, 1.82) is 0 Å². The zero-order chi connectivity index (χ0) is 26.7. The Labute approximate surface area is 222 Å². The molecule has 37 heavy (non-hydrogen) atoms. The number of hydrogen-bond donors (Lipinski definition) is 2. The smallest absolute Gasteiger partial charge is 0.250 e. The van der Waals surface area contributed by atoms with Crippen molar-refractivity contribution in [2.45, 2.75) is 35.6 Å². The summed E-state index contributed by atoms with van der Waals surface area (Å²) in [6.07, 6.45) is -0.310. The number of carbonyl (C=O) groups is 3. The number of nitrogens with zero attached hydrogens (tertiary/aromatic N) is 1. The molecule has 0 saturated carbocycles. The number of carbonyl (C=O) groups excluding carboxylic acids is 3. The van der Waals surface area contributed by atoms with Crippen LogP contribution < -0.4 is 15.5 Å². The van der Waals surface area contributed by atoms with Crippen LogP contribution in [0.15, 0.2) is 71.6 Å². The van der Waals surface area contributed by atoms with E-state index in [1.165, 1.54) is 23.6 Å². The zero-order valence-corrected chi connectivity index (χ0v) is 21.6. The maximum atomic E-state index is 13.6. The lowest BCUT2D eigenvalue weighted by Gasteiger charge is -2.28. The summed E-state index contributed by atoms with van der Waals surface area (Å²) in [6, 6.07) is 15.5. The number of fused-ring (bicyclic) bond motifs is 1. The van der Waals surface area contributed by atoms with Crippen molar-refractivity contribution in [2.75, 3.05) is 11.9 Å². The molecule has 0 radical (unpaired) electrons. The van der Waals surface area contributed by atoms with Crippen LogP contribution in [0.3, 0.4) is 0 Å². The van der Waals surface area contributed by atoms with Gasteiger partial charge in [-0.05, 0) is 48.4 Å². The molecule has 0 bridgehead atoms. The minimum atomic E-state index is -1.01. The molecule has 3 aromatic rings. The first-order valence-corrected chi connectivity index (χ1v) is 12.7. The molecule has 4 rings (SSSR count). The van der Waals surface area contributed by atoms with Gasteiger partial charge in [0.05, 0.1) is 17.4 Å². The molecule has 0 aliphatic carbocycles. The summed E-state index contributed by atoms with van der Waals surface area (Å²) in [4.78, 5) is 41.5. The van der Waals surface area contributed by atoms with Crippen molar-refractivity contribution in [2.24, 2.45) is 0 Å². The minimum Gasteiger partial charge on any atom is -0.344 e. The molecule has 1 aliphatic heterocycles. The number of halogens is 3. The SMILES string of the molecule is C[C@H](NC(=O)Cc1cc(F)cc(F)c1)C(=O)N[C@@H]1C(=O)N(C)c2cc(Cl)ccc2S[C@@H]1c1ccccc1. The molecule has 2 N–H and O–H groups in total. The van der Waals surface area contributed by atoms with Gasteiger partial charge in [-0.15, -0.1) is 11.8 Å². The number of benzene rings is 3. The summed E-state index contributed by atoms with van der Waals surface area (Å²) in [5.74, 6) is -3.10. The van der Waals surface area contributed by atoms with E-state index in [1.54, 1.807) is 19.2 Å². The first-order valence-electron chi connectivity index (χ1n) is 11.5. The average Bonchev–Trinajstić information content (AvgIpc) is 2.94. The third-order valence-electron chi connectivity index (χ3n) is 5.92. The van der Waals surface area contributed by atoms with Crippen LogP contribution in [0.4, 0.5) is 14.5 Å². The van der Waals surface area contributed by atoms with Gasteiger partial charge in [0.1, 0.15) is 23.7 Å². The molecule has 1 heterocycles. The van der Waals surface area contributed by atoms with E-state index >= 15 is 0 Å². The molecule has 3 aromatic carbocycles. The van der Waals surface area contributed by atoms with Gasteiger partial charge in [0, 0.05) is 23.0 Å². The van der Waals surface area contributed by atoms with Gasteiger partial charge in [-0.2, -0.15) is 0 Å². The van der Waals surface area contributed by atoms with Crippen molar-refractivity contribution in [3.05, 3.63) is 94.5 Å². The van der Waals surface area contributed by atoms with Crippen molar-refractivity contribution >= 4 is 46.8 Å². The topological polar surface area (TPSA) is 78.5 Å². The monoisotopic (exact) mass is 543 g/mol. The van der Waals surface area contributed by atoms with Crippen LogP contribution in [-0.4, -0.2) is 36.9 Å². The van der Waals surface area contributed by atoms with Gasteiger partial charge in [-0.25, -0.2) is 8.78 Å². The molecule has 0 fully saturated rings. The van der Waals surface area contributed by atoms with Gasteiger partial charge in [0.15, 0.2) is 0 Å². The standard InChI is InChI=1S/C27H24ClF2N3O3S/c1-15(31-23(34)12-16-10-19(29)14-20(30)11-16)26(35)32-24-25(17-6-4-3-5-7-17)37-22-9-8-18(28)13-21(22)33(2)27(24)36/h3-11,13-15,24-25H,12H2,1-2H3,(H,31,34)(H,32,35)/t15-,24-,25+/m0/s1. The fourth-order valence-electron chi connectivity index (χ4n) is 4.09. The lowest BCUT2D eigenvalue weighted by atomic mass is 10.0. The van der Waals surface area contributed by atoms with E-state index < -0.39 is 40.8 Å². The fourth-order valence-corrected chi connectivity index (χ4v) is 5.61. The van der Waals surface area contributed by atoms with Crippen LogP contribution in [-0.2, 0) is 20.8 Å². The Morgan fingerprint density at radius 2 is 1.73 bits per heavy atom. The van der Waals surface area contributed by atoms with Gasteiger partial charge in [0.2, 0.25) is 11.8 Å². The number of thioether (sulfide) groups is 1. The third kappa shape index (κ3) is 6.29. The average molecular weight is 544 g/mol. The van der Waals surface area contributed by atoms with E-state index in [0.29, 0.717) is 16.8 Å². The summed E-state index contributed by atoms with van der Waals surface area (Å²) in [5.41, 5.74) is 1.61. The van der Waals surface area contributed by atoms with Crippen molar-refractivity contribution < 1.29 is 23.2 Å². The predicted molar refractivity (Wildman–Crippen MR) is 139 cm³/mol. The second-order valence-corrected chi connectivity index (χ2v) is 10.3. The summed E-state index contributed by atoms with van der Waals surface area (Å²) in [6.45, 7) is 1.48. The Bertz CT molecular complexity index is 1320. The van der Waals surface area contributed by atoms with E-state index in [4.69, 9.17) is 11.6 Å². The quantitative estimate of drug-likeness (QED) is 0.474. The minimum absolute atomic E-state index is 0.139. The Morgan fingerprint density at radius 1 is 1.05 bits per heavy atom. The molecule has 3 atom stereocenters. The van der Waals surface area contributed by atoms with E-state index in [1.807, 2.05) is 36.4 Å². The van der Waals surface area contributed by atoms with Crippen LogP contribution in [0, 0.1) is 11.6 Å². The van der Waals surface area contributed by atoms with E-state index in [2.05, 4.69) is 10.6 Å². The number of rotatable bonds is 6. The fraction of sp³-hybridized carbons (Fsp3) is 0.222. The second kappa shape index (κ2) is 11.3. The maximum absolute atomic E-state index is 13.6. The lowest BCUT2D eigenvalue weighted by molar-refractivity contribution is -0.130. The number of anilines is 1. The highest BCUT2D eigenvalue weighted by atomic mass is 35.5. The Morgan fingerprint density at radius 3 is 2.41 bits per heavy atom. The molecular formula is C27H24ClF2N3O3S. The molecule has 0 aromatic heterocycles. The highest BCUT2D eigenvalue weighted by Gasteiger charge is 2.39. The number of hydrogen-bond acceptors (Lipinski definition) is 4. The molecule has 3 amide bonds. The van der Waals surface area contributed by atoms with Gasteiger partial charge in [0.25, 0.3) is 5.91 Å². The van der Waals surface area contributed by atoms with E-state index in [0.717, 1.165) is 22.6 Å². The molecule has 192 valence electrons.